The number of fused-ring (bicyclic) bond motifs is 1. The van der Waals surface area contributed by atoms with E-state index < -0.39 is 36.4 Å². The fourth-order valence-electron chi connectivity index (χ4n) is 4.23. The predicted molar refractivity (Wildman–Crippen MR) is 122 cm³/mol. The summed E-state index contributed by atoms with van der Waals surface area (Å²) in [5, 5.41) is 34.6. The molecule has 10 heteroatoms. The molecule has 0 unspecified atom stereocenters. The number of aliphatic hydroxyl groups excluding tert-OH is 3. The lowest BCUT2D eigenvalue weighted by molar-refractivity contribution is -0.113. The number of nitrogens with one attached hydrogen (secondary N) is 1. The van der Waals surface area contributed by atoms with Crippen molar-refractivity contribution in [2.45, 2.75) is 30.6 Å². The number of rotatable bonds is 7. The van der Waals surface area contributed by atoms with Crippen molar-refractivity contribution >= 4 is 22.8 Å². The summed E-state index contributed by atoms with van der Waals surface area (Å²) in [6, 6.07) is 18.0. The number of imidazole rings is 1. The Bertz CT molecular complexity index is 1300. The third-order valence-corrected chi connectivity index (χ3v) is 5.97. The maximum Gasteiger partial charge on any atom is 0.241 e. The summed E-state index contributed by atoms with van der Waals surface area (Å²) in [7, 11) is 0. The van der Waals surface area contributed by atoms with E-state index in [1.54, 1.807) is 30.3 Å². The molecule has 1 aliphatic rings. The SMILES string of the molecule is O=C(c1ccccc1)[C@@]1(n2cnc3c(NCc4ccccc4)ncnc32)O[C@H](CO)[C@@H](O)[C@H]1O. The van der Waals surface area contributed by atoms with Crippen molar-refractivity contribution in [3.8, 4) is 0 Å². The molecule has 0 aliphatic carbocycles. The summed E-state index contributed by atoms with van der Waals surface area (Å²) in [5.74, 6) is -0.172. The molecule has 5 rings (SSSR count). The molecule has 0 amide bonds. The lowest BCUT2D eigenvalue weighted by Gasteiger charge is -2.32. The quantitative estimate of drug-likeness (QED) is 0.297. The van der Waals surface area contributed by atoms with Gasteiger partial charge in [-0.25, -0.2) is 15.0 Å². The number of aliphatic hydroxyl groups is 3. The molecule has 0 saturated carbocycles. The number of aromatic nitrogens is 4. The molecule has 4 atom stereocenters. The topological polar surface area (TPSA) is 143 Å². The van der Waals surface area contributed by atoms with Gasteiger partial charge in [0, 0.05) is 12.1 Å². The molecule has 2 aromatic heterocycles. The highest BCUT2D eigenvalue weighted by Gasteiger charge is 2.60. The molecule has 0 radical (unpaired) electrons. The van der Waals surface area contributed by atoms with E-state index in [0.717, 1.165) is 5.56 Å². The van der Waals surface area contributed by atoms with E-state index in [1.165, 1.54) is 17.2 Å². The summed E-state index contributed by atoms with van der Waals surface area (Å²) in [5.41, 5.74) is -0.219. The van der Waals surface area contributed by atoms with Gasteiger partial charge in [-0.3, -0.25) is 9.36 Å². The molecule has 3 heterocycles. The van der Waals surface area contributed by atoms with Gasteiger partial charge in [0.15, 0.2) is 17.0 Å². The molecule has 4 aromatic rings. The summed E-state index contributed by atoms with van der Waals surface area (Å²) in [6.45, 7) is -0.105. The zero-order valence-corrected chi connectivity index (χ0v) is 18.0. The molecule has 4 N–H and O–H groups in total. The highest BCUT2D eigenvalue weighted by atomic mass is 16.6. The number of ether oxygens (including phenoxy) is 1. The number of carbonyl (C=O) groups is 1. The van der Waals surface area contributed by atoms with Crippen molar-refractivity contribution in [2.75, 3.05) is 11.9 Å². The van der Waals surface area contributed by atoms with Crippen LogP contribution >= 0.6 is 0 Å². The van der Waals surface area contributed by atoms with Crippen LogP contribution in [0.3, 0.4) is 0 Å². The molecular formula is C24H23N5O5. The van der Waals surface area contributed by atoms with E-state index in [4.69, 9.17) is 4.74 Å². The number of hydrogen-bond acceptors (Lipinski definition) is 9. The van der Waals surface area contributed by atoms with Crippen LogP contribution in [0.1, 0.15) is 15.9 Å². The minimum absolute atomic E-state index is 0.222. The highest BCUT2D eigenvalue weighted by molar-refractivity contribution is 6.02. The summed E-state index contributed by atoms with van der Waals surface area (Å²) >= 11 is 0. The number of hydrogen-bond donors (Lipinski definition) is 4. The van der Waals surface area contributed by atoms with Gasteiger partial charge >= 0.3 is 0 Å². The Morgan fingerprint density at radius 3 is 2.41 bits per heavy atom. The number of ketones is 1. The first-order valence-electron chi connectivity index (χ1n) is 10.8. The third kappa shape index (κ3) is 3.53. The average molecular weight is 461 g/mol. The van der Waals surface area contributed by atoms with Crippen LogP contribution in [-0.4, -0.2) is 65.5 Å². The smallest absolute Gasteiger partial charge is 0.241 e. The van der Waals surface area contributed by atoms with E-state index in [0.29, 0.717) is 17.9 Å². The lowest BCUT2D eigenvalue weighted by Crippen LogP contribution is -2.51. The van der Waals surface area contributed by atoms with Crippen LogP contribution in [-0.2, 0) is 17.0 Å². The molecule has 0 bridgehead atoms. The second-order valence-corrected chi connectivity index (χ2v) is 8.01. The molecule has 174 valence electrons. The van der Waals surface area contributed by atoms with Gasteiger partial charge in [0.25, 0.3) is 0 Å². The minimum atomic E-state index is -2.09. The van der Waals surface area contributed by atoms with Crippen molar-refractivity contribution in [3.63, 3.8) is 0 Å². The van der Waals surface area contributed by atoms with Gasteiger partial charge in [-0.1, -0.05) is 60.7 Å². The first kappa shape index (κ1) is 22.1. The molecule has 1 aliphatic heterocycles. The van der Waals surface area contributed by atoms with E-state index in [-0.39, 0.29) is 11.2 Å². The predicted octanol–water partition coefficient (Wildman–Crippen LogP) is 1.09. The van der Waals surface area contributed by atoms with E-state index in [1.807, 2.05) is 30.3 Å². The van der Waals surface area contributed by atoms with Crippen LogP contribution in [0, 0.1) is 0 Å². The molecular weight excluding hydrogens is 438 g/mol. The van der Waals surface area contributed by atoms with Crippen molar-refractivity contribution in [2.24, 2.45) is 0 Å². The monoisotopic (exact) mass is 461 g/mol. The Hall–Kier alpha value is -3.70. The summed E-state index contributed by atoms with van der Waals surface area (Å²) in [6.07, 6.45) is -1.74. The van der Waals surface area contributed by atoms with Crippen LogP contribution in [0.5, 0.6) is 0 Å². The second-order valence-electron chi connectivity index (χ2n) is 8.01. The maximum atomic E-state index is 13.7. The number of nitrogens with zero attached hydrogens (tertiary/aromatic N) is 4. The second kappa shape index (κ2) is 8.92. The van der Waals surface area contributed by atoms with Gasteiger partial charge < -0.3 is 25.4 Å². The lowest BCUT2D eigenvalue weighted by atomic mass is 9.93. The first-order valence-corrected chi connectivity index (χ1v) is 10.8. The van der Waals surface area contributed by atoms with Gasteiger partial charge in [-0.15, -0.1) is 0 Å². The Labute approximate surface area is 194 Å². The van der Waals surface area contributed by atoms with Crippen LogP contribution < -0.4 is 5.32 Å². The number of Topliss-reactive ketones (excluding diaryl/α,β-unsaturated/α-hetero) is 1. The molecule has 10 nitrogen and oxygen atoms in total. The number of benzene rings is 2. The van der Waals surface area contributed by atoms with Crippen LogP contribution in [0.15, 0.2) is 73.3 Å². The van der Waals surface area contributed by atoms with Gasteiger partial charge in [0.05, 0.1) is 6.61 Å². The summed E-state index contributed by atoms with van der Waals surface area (Å²) < 4.78 is 7.21. The molecule has 2 aromatic carbocycles. The van der Waals surface area contributed by atoms with Crippen LogP contribution in [0.4, 0.5) is 5.82 Å². The maximum absolute atomic E-state index is 13.7. The Morgan fingerprint density at radius 1 is 1.03 bits per heavy atom. The Kier molecular flexibility index (Phi) is 5.80. The molecule has 1 fully saturated rings. The molecule has 1 saturated heterocycles. The largest absolute Gasteiger partial charge is 0.394 e. The van der Waals surface area contributed by atoms with Crippen molar-refractivity contribution in [1.29, 1.82) is 0 Å². The van der Waals surface area contributed by atoms with Gasteiger partial charge in [0.1, 0.15) is 31.0 Å². The first-order chi connectivity index (χ1) is 16.6. The van der Waals surface area contributed by atoms with E-state index in [9.17, 15) is 20.1 Å². The number of anilines is 1. The summed E-state index contributed by atoms with van der Waals surface area (Å²) in [4.78, 5) is 26.7. The normalized spacial score (nSPS) is 24.4. The Balaban J connectivity index is 1.60. The van der Waals surface area contributed by atoms with Crippen LogP contribution in [0.2, 0.25) is 0 Å². The zero-order valence-electron chi connectivity index (χ0n) is 18.0. The zero-order chi connectivity index (χ0) is 23.7. The highest BCUT2D eigenvalue weighted by Crippen LogP contribution is 2.40. The van der Waals surface area contributed by atoms with E-state index in [2.05, 4.69) is 20.3 Å². The minimum Gasteiger partial charge on any atom is -0.394 e. The van der Waals surface area contributed by atoms with E-state index >= 15 is 0 Å². The van der Waals surface area contributed by atoms with Crippen molar-refractivity contribution in [1.82, 2.24) is 19.5 Å². The number of carbonyl (C=O) groups excluding carboxylic acids is 1. The van der Waals surface area contributed by atoms with Crippen LogP contribution in [0.25, 0.3) is 11.2 Å². The fraction of sp³-hybridized carbons (Fsp3) is 0.250. The average Bonchev–Trinajstić information content (AvgIpc) is 3.43. The molecule has 34 heavy (non-hydrogen) atoms. The third-order valence-electron chi connectivity index (χ3n) is 5.97. The van der Waals surface area contributed by atoms with Crippen molar-refractivity contribution in [3.05, 3.63) is 84.4 Å². The standard InChI is InChI=1S/C24H23N5O5/c30-12-17-19(31)21(33)24(34-17,20(32)16-9-5-2-6-10-16)29-14-28-18-22(26-13-27-23(18)29)25-11-15-7-3-1-4-8-15/h1-10,13-14,17,19,21,30-31,33H,11-12H2,(H,25,26,27)/t17-,19-,21-,24-/m1/s1. The van der Waals surface area contributed by atoms with Gasteiger partial charge in [-0.2, -0.15) is 0 Å². The molecule has 0 spiro atoms. The Morgan fingerprint density at radius 2 is 1.74 bits per heavy atom. The van der Waals surface area contributed by atoms with Gasteiger partial charge in [0.2, 0.25) is 11.5 Å². The van der Waals surface area contributed by atoms with Crippen molar-refractivity contribution < 1.29 is 24.9 Å². The van der Waals surface area contributed by atoms with Gasteiger partial charge in [-0.05, 0) is 5.56 Å². The fourth-order valence-corrected chi connectivity index (χ4v) is 4.23.